The lowest BCUT2D eigenvalue weighted by Crippen LogP contribution is -2.00. The molecule has 0 spiro atoms. The highest BCUT2D eigenvalue weighted by Crippen LogP contribution is 2.29. The predicted molar refractivity (Wildman–Crippen MR) is 103 cm³/mol. The summed E-state index contributed by atoms with van der Waals surface area (Å²) in [5, 5.41) is 11.7. The van der Waals surface area contributed by atoms with Gasteiger partial charge < -0.3 is 9.47 Å². The van der Waals surface area contributed by atoms with E-state index in [0.717, 1.165) is 24.0 Å². The van der Waals surface area contributed by atoms with E-state index in [1.54, 1.807) is 18.2 Å². The molecular weight excluding hydrogens is 370 g/mol. The van der Waals surface area contributed by atoms with E-state index >= 15 is 0 Å². The molecule has 8 heteroatoms. The summed E-state index contributed by atoms with van der Waals surface area (Å²) in [5.74, 6) is 1.15. The standard InChI is InChI=1S/C19H21NO6S/c1-3-12-26-18-10-5-15(14-19(18)25-4-2)11-13-27(23,24)17-8-6-16(7-9-17)20(21)22/h5-11,13-14H,3-4,12H2,1-2H3/b13-11+. The Labute approximate surface area is 158 Å². The zero-order valence-electron chi connectivity index (χ0n) is 15.1. The number of ether oxygens (including phenoxy) is 2. The van der Waals surface area contributed by atoms with Crippen molar-refractivity contribution in [1.29, 1.82) is 0 Å². The maximum atomic E-state index is 12.4. The second-order valence-corrected chi connectivity index (χ2v) is 7.42. The molecule has 0 aliphatic rings. The third kappa shape index (κ3) is 5.55. The fourth-order valence-electron chi connectivity index (χ4n) is 2.23. The molecule has 0 atom stereocenters. The highest BCUT2D eigenvalue weighted by atomic mass is 32.2. The first-order valence-electron chi connectivity index (χ1n) is 8.44. The Morgan fingerprint density at radius 1 is 1.04 bits per heavy atom. The van der Waals surface area contributed by atoms with Crippen molar-refractivity contribution < 1.29 is 22.8 Å². The average Bonchev–Trinajstić information content (AvgIpc) is 2.66. The van der Waals surface area contributed by atoms with Gasteiger partial charge in [-0.3, -0.25) is 10.1 Å². The van der Waals surface area contributed by atoms with E-state index in [1.165, 1.54) is 18.2 Å². The zero-order valence-corrected chi connectivity index (χ0v) is 15.9. The molecule has 0 bridgehead atoms. The molecule has 0 radical (unpaired) electrons. The van der Waals surface area contributed by atoms with Gasteiger partial charge in [0.05, 0.1) is 23.0 Å². The lowest BCUT2D eigenvalue weighted by atomic mass is 10.2. The maximum Gasteiger partial charge on any atom is 0.269 e. The molecule has 144 valence electrons. The molecule has 0 heterocycles. The fourth-order valence-corrected chi connectivity index (χ4v) is 3.24. The van der Waals surface area contributed by atoms with Crippen molar-refractivity contribution >= 4 is 21.6 Å². The number of hydrogen-bond acceptors (Lipinski definition) is 6. The number of nitro benzene ring substituents is 1. The van der Waals surface area contributed by atoms with Crippen LogP contribution in [0.3, 0.4) is 0 Å². The van der Waals surface area contributed by atoms with Gasteiger partial charge in [0.25, 0.3) is 5.69 Å². The molecule has 0 amide bonds. The van der Waals surface area contributed by atoms with Gasteiger partial charge in [-0.25, -0.2) is 8.42 Å². The average molecular weight is 391 g/mol. The summed E-state index contributed by atoms with van der Waals surface area (Å²) in [5.41, 5.74) is 0.467. The molecule has 27 heavy (non-hydrogen) atoms. The first-order chi connectivity index (χ1) is 12.9. The number of rotatable bonds is 9. The van der Waals surface area contributed by atoms with Crippen molar-refractivity contribution in [1.82, 2.24) is 0 Å². The minimum Gasteiger partial charge on any atom is -0.490 e. The van der Waals surface area contributed by atoms with Crippen molar-refractivity contribution in [3.8, 4) is 11.5 Å². The van der Waals surface area contributed by atoms with Crippen LogP contribution in [-0.4, -0.2) is 26.6 Å². The zero-order chi connectivity index (χ0) is 19.9. The smallest absolute Gasteiger partial charge is 0.269 e. The molecule has 2 rings (SSSR count). The number of nitrogens with zero attached hydrogens (tertiary/aromatic N) is 1. The van der Waals surface area contributed by atoms with Gasteiger partial charge in [-0.2, -0.15) is 0 Å². The quantitative estimate of drug-likeness (QED) is 0.469. The SMILES string of the molecule is CCCOc1ccc(/C=C/S(=O)(=O)c2ccc([N+](=O)[O-])cc2)cc1OCC. The normalized spacial score (nSPS) is 11.5. The fraction of sp³-hybridized carbons (Fsp3) is 0.263. The van der Waals surface area contributed by atoms with E-state index in [2.05, 4.69) is 0 Å². The van der Waals surface area contributed by atoms with E-state index in [1.807, 2.05) is 13.8 Å². The van der Waals surface area contributed by atoms with Crippen molar-refractivity contribution in [2.45, 2.75) is 25.2 Å². The molecule has 2 aromatic rings. The molecule has 7 nitrogen and oxygen atoms in total. The molecular formula is C19H21NO6S. The van der Waals surface area contributed by atoms with Gasteiger partial charge in [-0.15, -0.1) is 0 Å². The lowest BCUT2D eigenvalue weighted by molar-refractivity contribution is -0.384. The van der Waals surface area contributed by atoms with Gasteiger partial charge in [-0.05, 0) is 49.2 Å². The van der Waals surface area contributed by atoms with Crippen LogP contribution in [0, 0.1) is 10.1 Å². The first-order valence-corrected chi connectivity index (χ1v) is 9.99. The summed E-state index contributed by atoms with van der Waals surface area (Å²) in [6.07, 6.45) is 2.31. The van der Waals surface area contributed by atoms with Crippen LogP contribution in [0.5, 0.6) is 11.5 Å². The second kappa shape index (κ2) is 9.18. The molecule has 0 aromatic heterocycles. The van der Waals surface area contributed by atoms with Crippen LogP contribution in [0.25, 0.3) is 6.08 Å². The Morgan fingerprint density at radius 2 is 1.74 bits per heavy atom. The third-order valence-corrected chi connectivity index (χ3v) is 4.97. The number of benzene rings is 2. The highest BCUT2D eigenvalue weighted by Gasteiger charge is 2.13. The van der Waals surface area contributed by atoms with Crippen molar-refractivity contribution in [3.63, 3.8) is 0 Å². The summed E-state index contributed by atoms with van der Waals surface area (Å²) in [6.45, 7) is 4.87. The Morgan fingerprint density at radius 3 is 2.33 bits per heavy atom. The molecule has 0 saturated heterocycles. The number of hydrogen-bond donors (Lipinski definition) is 0. The molecule has 0 saturated carbocycles. The van der Waals surface area contributed by atoms with Crippen LogP contribution in [0.1, 0.15) is 25.8 Å². The monoisotopic (exact) mass is 391 g/mol. The summed E-state index contributed by atoms with van der Waals surface area (Å²) in [6, 6.07) is 9.92. The molecule has 0 unspecified atom stereocenters. The lowest BCUT2D eigenvalue weighted by Gasteiger charge is -2.12. The van der Waals surface area contributed by atoms with E-state index < -0.39 is 14.8 Å². The van der Waals surface area contributed by atoms with Gasteiger partial charge in [0, 0.05) is 17.5 Å². The first kappa shape index (κ1) is 20.4. The van der Waals surface area contributed by atoms with Gasteiger partial charge in [0.15, 0.2) is 21.3 Å². The van der Waals surface area contributed by atoms with E-state index in [0.29, 0.717) is 30.3 Å². The van der Waals surface area contributed by atoms with Gasteiger partial charge in [0.1, 0.15) is 0 Å². The number of sulfone groups is 1. The van der Waals surface area contributed by atoms with E-state index in [9.17, 15) is 18.5 Å². The van der Waals surface area contributed by atoms with Gasteiger partial charge in [0.2, 0.25) is 0 Å². The minimum absolute atomic E-state index is 0.0164. The topological polar surface area (TPSA) is 95.7 Å². The summed E-state index contributed by atoms with van der Waals surface area (Å²) in [4.78, 5) is 10.1. The van der Waals surface area contributed by atoms with Crippen molar-refractivity contribution in [2.24, 2.45) is 0 Å². The van der Waals surface area contributed by atoms with Gasteiger partial charge >= 0.3 is 0 Å². The van der Waals surface area contributed by atoms with Crippen LogP contribution < -0.4 is 9.47 Å². The number of nitro groups is 1. The molecule has 0 aliphatic carbocycles. The Bertz CT molecular complexity index is 920. The Kier molecular flexibility index (Phi) is 6.95. The molecule has 0 fully saturated rings. The van der Waals surface area contributed by atoms with Crippen LogP contribution in [0.4, 0.5) is 5.69 Å². The molecule has 2 aromatic carbocycles. The van der Waals surface area contributed by atoms with E-state index in [4.69, 9.17) is 9.47 Å². The van der Waals surface area contributed by atoms with Crippen molar-refractivity contribution in [2.75, 3.05) is 13.2 Å². The highest BCUT2D eigenvalue weighted by molar-refractivity contribution is 7.94. The van der Waals surface area contributed by atoms with Crippen LogP contribution in [0.15, 0.2) is 52.8 Å². The predicted octanol–water partition coefficient (Wildman–Crippen LogP) is 4.23. The Balaban J connectivity index is 2.24. The molecule has 0 aliphatic heterocycles. The van der Waals surface area contributed by atoms with Crippen LogP contribution >= 0.6 is 0 Å². The summed E-state index contributed by atoms with van der Waals surface area (Å²) in [7, 11) is -3.73. The largest absolute Gasteiger partial charge is 0.490 e. The second-order valence-electron chi connectivity index (χ2n) is 5.59. The third-order valence-electron chi connectivity index (χ3n) is 3.55. The van der Waals surface area contributed by atoms with Gasteiger partial charge in [-0.1, -0.05) is 13.0 Å². The Hall–Kier alpha value is -2.87. The maximum absolute atomic E-state index is 12.4. The van der Waals surface area contributed by atoms with Crippen LogP contribution in [-0.2, 0) is 9.84 Å². The number of non-ortho nitro benzene ring substituents is 1. The van der Waals surface area contributed by atoms with E-state index in [-0.39, 0.29) is 10.6 Å². The summed E-state index contributed by atoms with van der Waals surface area (Å²) >= 11 is 0. The van der Waals surface area contributed by atoms with Crippen LogP contribution in [0.2, 0.25) is 0 Å². The minimum atomic E-state index is -3.73. The molecule has 0 N–H and O–H groups in total. The summed E-state index contributed by atoms with van der Waals surface area (Å²) < 4.78 is 36.0. The van der Waals surface area contributed by atoms with Crippen molar-refractivity contribution in [3.05, 3.63) is 63.6 Å².